The topological polar surface area (TPSA) is 39.7 Å². The number of rotatable bonds is 7. The first-order chi connectivity index (χ1) is 10.9. The van der Waals surface area contributed by atoms with Crippen molar-refractivity contribution in [2.45, 2.75) is 44.6 Å². The lowest BCUT2D eigenvalue weighted by Crippen LogP contribution is -2.45. The summed E-state index contributed by atoms with van der Waals surface area (Å²) in [5.41, 5.74) is 1.80. The first-order valence-electron chi connectivity index (χ1n) is 8.65. The van der Waals surface area contributed by atoms with E-state index in [9.17, 15) is 0 Å². The van der Waals surface area contributed by atoms with Gasteiger partial charge in [-0.15, -0.1) is 24.0 Å². The second-order valence-electron chi connectivity index (χ2n) is 7.40. The number of hydrogen-bond acceptors (Lipinski definition) is 2. The first kappa shape index (κ1) is 21.2. The Morgan fingerprint density at radius 1 is 1.17 bits per heavy atom. The van der Waals surface area contributed by atoms with Crippen LogP contribution in [-0.4, -0.2) is 50.1 Å². The molecule has 0 aromatic heterocycles. The van der Waals surface area contributed by atoms with Crippen molar-refractivity contribution < 1.29 is 0 Å². The van der Waals surface area contributed by atoms with E-state index >= 15 is 0 Å². The van der Waals surface area contributed by atoms with Gasteiger partial charge in [0.1, 0.15) is 0 Å². The van der Waals surface area contributed by atoms with Crippen molar-refractivity contribution in [2.75, 3.05) is 33.7 Å². The molecule has 5 heteroatoms. The van der Waals surface area contributed by atoms with Crippen LogP contribution in [0.3, 0.4) is 0 Å². The number of aliphatic imine (C=N–C) groups is 1. The Morgan fingerprint density at radius 3 is 2.29 bits per heavy atom. The molecule has 0 bridgehead atoms. The van der Waals surface area contributed by atoms with Gasteiger partial charge in [-0.1, -0.05) is 30.3 Å². The summed E-state index contributed by atoms with van der Waals surface area (Å²) >= 11 is 0. The minimum absolute atomic E-state index is 0. The van der Waals surface area contributed by atoms with Gasteiger partial charge in [0, 0.05) is 24.0 Å². The Balaban J connectivity index is 0.00000288. The number of hydrogen-bond donors (Lipinski definition) is 2. The van der Waals surface area contributed by atoms with E-state index in [1.165, 1.54) is 18.4 Å². The van der Waals surface area contributed by atoms with Crippen LogP contribution >= 0.6 is 24.0 Å². The van der Waals surface area contributed by atoms with Crippen LogP contribution in [0.4, 0.5) is 0 Å². The molecule has 136 valence electrons. The molecule has 2 rings (SSSR count). The summed E-state index contributed by atoms with van der Waals surface area (Å²) in [5, 5.41) is 6.92. The van der Waals surface area contributed by atoms with Crippen LogP contribution in [-0.2, 0) is 5.41 Å². The smallest absolute Gasteiger partial charge is 0.191 e. The van der Waals surface area contributed by atoms with Crippen molar-refractivity contribution in [2.24, 2.45) is 4.99 Å². The van der Waals surface area contributed by atoms with Crippen molar-refractivity contribution in [1.82, 2.24) is 15.5 Å². The third-order valence-electron chi connectivity index (χ3n) is 5.01. The molecule has 0 atom stereocenters. The van der Waals surface area contributed by atoms with E-state index < -0.39 is 0 Å². The summed E-state index contributed by atoms with van der Waals surface area (Å²) in [6, 6.07) is 10.8. The average Bonchev–Trinajstić information content (AvgIpc) is 3.32. The zero-order chi connectivity index (χ0) is 16.9. The van der Waals surface area contributed by atoms with E-state index in [1.54, 1.807) is 0 Å². The predicted molar refractivity (Wildman–Crippen MR) is 115 cm³/mol. The summed E-state index contributed by atoms with van der Waals surface area (Å²) in [7, 11) is 4.20. The van der Waals surface area contributed by atoms with Crippen LogP contribution in [0, 0.1) is 0 Å². The monoisotopic (exact) mass is 444 g/mol. The quantitative estimate of drug-likeness (QED) is 0.386. The van der Waals surface area contributed by atoms with Crippen molar-refractivity contribution in [1.29, 1.82) is 0 Å². The molecule has 24 heavy (non-hydrogen) atoms. The third kappa shape index (κ3) is 5.62. The fourth-order valence-corrected chi connectivity index (χ4v) is 2.52. The molecule has 1 aromatic carbocycles. The Morgan fingerprint density at radius 2 is 1.79 bits per heavy atom. The molecule has 4 nitrogen and oxygen atoms in total. The van der Waals surface area contributed by atoms with E-state index in [2.05, 4.69) is 80.7 Å². The van der Waals surface area contributed by atoms with Gasteiger partial charge >= 0.3 is 0 Å². The molecule has 0 radical (unpaired) electrons. The highest BCUT2D eigenvalue weighted by Gasteiger charge is 2.44. The van der Waals surface area contributed by atoms with Crippen LogP contribution in [0.5, 0.6) is 0 Å². The minimum atomic E-state index is 0. The van der Waals surface area contributed by atoms with E-state index in [0.717, 1.165) is 25.6 Å². The molecule has 1 aliphatic rings. The van der Waals surface area contributed by atoms with Crippen LogP contribution < -0.4 is 10.6 Å². The van der Waals surface area contributed by atoms with Gasteiger partial charge in [0.25, 0.3) is 0 Å². The summed E-state index contributed by atoms with van der Waals surface area (Å²) in [6.45, 7) is 9.14. The highest BCUT2D eigenvalue weighted by atomic mass is 127. The molecule has 1 aromatic rings. The van der Waals surface area contributed by atoms with Gasteiger partial charge in [0.2, 0.25) is 0 Å². The average molecular weight is 444 g/mol. The number of nitrogens with zero attached hydrogens (tertiary/aromatic N) is 2. The number of benzene rings is 1. The van der Waals surface area contributed by atoms with E-state index in [0.29, 0.717) is 5.41 Å². The standard InChI is InChI=1S/C19H32N4.HI/c1-6-20-17(21-14-18(2,3)23(4)5)22-15-19(12-13-19)16-10-8-7-9-11-16;/h7-11H,6,12-15H2,1-5H3,(H2,20,21,22);1H. The number of halogens is 1. The lowest BCUT2D eigenvalue weighted by molar-refractivity contribution is 0.204. The van der Waals surface area contributed by atoms with Gasteiger partial charge in [-0.05, 0) is 53.3 Å². The molecule has 2 N–H and O–H groups in total. The summed E-state index contributed by atoms with van der Waals surface area (Å²) in [6.07, 6.45) is 2.51. The van der Waals surface area contributed by atoms with Gasteiger partial charge < -0.3 is 15.5 Å². The molecule has 0 amide bonds. The predicted octanol–water partition coefficient (Wildman–Crippen LogP) is 3.23. The largest absolute Gasteiger partial charge is 0.357 e. The second kappa shape index (κ2) is 9.04. The molecule has 0 spiro atoms. The van der Waals surface area contributed by atoms with Gasteiger partial charge in [-0.25, -0.2) is 0 Å². The molecule has 0 heterocycles. The SMILES string of the molecule is CCNC(=NCC(C)(C)N(C)C)NCC1(c2ccccc2)CC1.I. The summed E-state index contributed by atoms with van der Waals surface area (Å²) in [4.78, 5) is 7.00. The molecule has 0 saturated heterocycles. The summed E-state index contributed by atoms with van der Waals surface area (Å²) in [5.74, 6) is 0.921. The third-order valence-corrected chi connectivity index (χ3v) is 5.01. The maximum atomic E-state index is 4.78. The van der Waals surface area contributed by atoms with Crippen LogP contribution in [0.1, 0.15) is 39.2 Å². The normalized spacial score (nSPS) is 16.5. The Bertz CT molecular complexity index is 521. The van der Waals surface area contributed by atoms with E-state index in [-0.39, 0.29) is 29.5 Å². The Kier molecular flexibility index (Phi) is 7.99. The van der Waals surface area contributed by atoms with Crippen LogP contribution in [0.15, 0.2) is 35.3 Å². The Hall–Kier alpha value is -0.820. The highest BCUT2D eigenvalue weighted by molar-refractivity contribution is 14.0. The number of nitrogens with one attached hydrogen (secondary N) is 2. The minimum Gasteiger partial charge on any atom is -0.357 e. The fraction of sp³-hybridized carbons (Fsp3) is 0.632. The van der Waals surface area contributed by atoms with E-state index in [1.807, 2.05) is 0 Å². The zero-order valence-electron chi connectivity index (χ0n) is 15.7. The highest BCUT2D eigenvalue weighted by Crippen LogP contribution is 2.47. The van der Waals surface area contributed by atoms with Crippen LogP contribution in [0.25, 0.3) is 0 Å². The zero-order valence-corrected chi connectivity index (χ0v) is 18.1. The van der Waals surface area contributed by atoms with Crippen molar-refractivity contribution >= 4 is 29.9 Å². The van der Waals surface area contributed by atoms with Crippen molar-refractivity contribution in [3.8, 4) is 0 Å². The molecule has 1 fully saturated rings. The lowest BCUT2D eigenvalue weighted by atomic mass is 9.96. The maximum Gasteiger partial charge on any atom is 0.191 e. The number of likely N-dealkylation sites (N-methyl/N-ethyl adjacent to an activating group) is 1. The molecular formula is C19H33IN4. The van der Waals surface area contributed by atoms with Gasteiger partial charge in [-0.3, -0.25) is 4.99 Å². The van der Waals surface area contributed by atoms with Crippen molar-refractivity contribution in [3.63, 3.8) is 0 Å². The van der Waals surface area contributed by atoms with Crippen molar-refractivity contribution in [3.05, 3.63) is 35.9 Å². The fourth-order valence-electron chi connectivity index (χ4n) is 2.52. The van der Waals surface area contributed by atoms with Gasteiger partial charge in [-0.2, -0.15) is 0 Å². The second-order valence-corrected chi connectivity index (χ2v) is 7.40. The van der Waals surface area contributed by atoms with Gasteiger partial charge in [0.15, 0.2) is 5.96 Å². The summed E-state index contributed by atoms with van der Waals surface area (Å²) < 4.78 is 0. The molecule has 0 unspecified atom stereocenters. The van der Waals surface area contributed by atoms with Crippen LogP contribution in [0.2, 0.25) is 0 Å². The van der Waals surface area contributed by atoms with E-state index in [4.69, 9.17) is 4.99 Å². The molecule has 1 aliphatic carbocycles. The Labute approximate surface area is 164 Å². The molecular weight excluding hydrogens is 411 g/mol. The first-order valence-corrected chi connectivity index (χ1v) is 8.65. The molecule has 0 aliphatic heterocycles. The maximum absolute atomic E-state index is 4.78. The van der Waals surface area contributed by atoms with Gasteiger partial charge in [0.05, 0.1) is 6.54 Å². The number of guanidine groups is 1. The lowest BCUT2D eigenvalue weighted by Gasteiger charge is -2.31. The molecule has 1 saturated carbocycles.